The molecule has 1 aromatic carbocycles. The molecular formula is C14H12Br2N2O2S. The molecule has 2 rings (SSSR count). The highest BCUT2D eigenvalue weighted by atomic mass is 79.9. The van der Waals surface area contributed by atoms with Crippen molar-refractivity contribution in [3.05, 3.63) is 49.5 Å². The van der Waals surface area contributed by atoms with Gasteiger partial charge >= 0.3 is 0 Å². The maximum Gasteiger partial charge on any atom is 0.280 e. The number of carbonyl (C=O) groups is 1. The standard InChI is InChI=1S/C14H12Br2N2O2S/c1-9(20-11-4-2-10(15)3-5-11)14(19)18-17-8-12-6-7-13(16)21-12/h2-9H,1H3,(H,18,19)/b17-8-/t9-/m1/s1. The Hall–Kier alpha value is -1.18. The van der Waals surface area contributed by atoms with E-state index in [0.717, 1.165) is 13.1 Å². The molecule has 1 N–H and O–H groups in total. The Morgan fingerprint density at radius 1 is 1.29 bits per heavy atom. The molecule has 0 bridgehead atoms. The molecule has 0 unspecified atom stereocenters. The van der Waals surface area contributed by atoms with E-state index >= 15 is 0 Å². The van der Waals surface area contributed by atoms with E-state index in [1.807, 2.05) is 24.3 Å². The summed E-state index contributed by atoms with van der Waals surface area (Å²) in [6, 6.07) is 11.1. The van der Waals surface area contributed by atoms with E-state index in [2.05, 4.69) is 42.4 Å². The molecule has 21 heavy (non-hydrogen) atoms. The van der Waals surface area contributed by atoms with E-state index in [4.69, 9.17) is 4.74 Å². The average Bonchev–Trinajstić information content (AvgIpc) is 2.87. The zero-order valence-corrected chi connectivity index (χ0v) is 15.0. The number of halogens is 2. The molecule has 4 nitrogen and oxygen atoms in total. The van der Waals surface area contributed by atoms with Crippen LogP contribution in [-0.2, 0) is 4.79 Å². The zero-order valence-electron chi connectivity index (χ0n) is 11.0. The number of hydrazone groups is 1. The number of thiophene rings is 1. The highest BCUT2D eigenvalue weighted by Crippen LogP contribution is 2.20. The van der Waals surface area contributed by atoms with Crippen LogP contribution in [0.5, 0.6) is 5.75 Å². The maximum absolute atomic E-state index is 11.8. The fraction of sp³-hybridized carbons (Fsp3) is 0.143. The Bertz CT molecular complexity index is 641. The fourth-order valence-electron chi connectivity index (χ4n) is 1.42. The first-order valence-corrected chi connectivity index (χ1v) is 8.45. The molecule has 1 atom stereocenters. The van der Waals surface area contributed by atoms with Gasteiger partial charge in [0.25, 0.3) is 5.91 Å². The third kappa shape index (κ3) is 5.26. The summed E-state index contributed by atoms with van der Waals surface area (Å²) < 4.78 is 7.50. The third-order valence-corrected chi connectivity index (χ3v) is 4.54. The van der Waals surface area contributed by atoms with Gasteiger partial charge in [0.15, 0.2) is 6.10 Å². The predicted octanol–water partition coefficient (Wildman–Crippen LogP) is 4.19. The Labute approximate surface area is 143 Å². The largest absolute Gasteiger partial charge is 0.481 e. The van der Waals surface area contributed by atoms with Crippen LogP contribution in [0.15, 0.2) is 49.8 Å². The van der Waals surface area contributed by atoms with Gasteiger partial charge in [-0.25, -0.2) is 5.43 Å². The molecule has 1 heterocycles. The summed E-state index contributed by atoms with van der Waals surface area (Å²) in [4.78, 5) is 12.8. The molecule has 110 valence electrons. The Morgan fingerprint density at radius 2 is 2.00 bits per heavy atom. The van der Waals surface area contributed by atoms with Crippen molar-refractivity contribution < 1.29 is 9.53 Å². The van der Waals surface area contributed by atoms with Crippen LogP contribution in [0.1, 0.15) is 11.8 Å². The number of benzene rings is 1. The van der Waals surface area contributed by atoms with Crippen LogP contribution < -0.4 is 10.2 Å². The topological polar surface area (TPSA) is 50.7 Å². The van der Waals surface area contributed by atoms with Crippen molar-refractivity contribution in [2.45, 2.75) is 13.0 Å². The Balaban J connectivity index is 1.85. The van der Waals surface area contributed by atoms with E-state index in [1.165, 1.54) is 11.3 Å². The number of nitrogens with zero attached hydrogens (tertiary/aromatic N) is 1. The summed E-state index contributed by atoms with van der Waals surface area (Å²) in [5.41, 5.74) is 2.46. The predicted molar refractivity (Wildman–Crippen MR) is 92.0 cm³/mol. The number of ether oxygens (including phenoxy) is 1. The van der Waals surface area contributed by atoms with Crippen LogP contribution >= 0.6 is 43.2 Å². The van der Waals surface area contributed by atoms with Crippen LogP contribution in [0.3, 0.4) is 0 Å². The average molecular weight is 432 g/mol. The van der Waals surface area contributed by atoms with E-state index in [1.54, 1.807) is 25.3 Å². The Morgan fingerprint density at radius 3 is 2.62 bits per heavy atom. The normalized spacial score (nSPS) is 12.3. The highest BCUT2D eigenvalue weighted by molar-refractivity contribution is 9.11. The summed E-state index contributed by atoms with van der Waals surface area (Å²) >= 11 is 8.24. The molecule has 1 aromatic heterocycles. The van der Waals surface area contributed by atoms with Crippen molar-refractivity contribution in [2.75, 3.05) is 0 Å². The van der Waals surface area contributed by atoms with Crippen LogP contribution in [0.25, 0.3) is 0 Å². The molecule has 7 heteroatoms. The van der Waals surface area contributed by atoms with E-state index in [-0.39, 0.29) is 5.91 Å². The molecule has 0 aliphatic rings. The number of amides is 1. The lowest BCUT2D eigenvalue weighted by molar-refractivity contribution is -0.127. The summed E-state index contributed by atoms with van der Waals surface area (Å²) in [5.74, 6) is 0.330. The summed E-state index contributed by atoms with van der Waals surface area (Å²) in [5, 5.41) is 3.91. The van der Waals surface area contributed by atoms with Gasteiger partial charge in [-0.15, -0.1) is 11.3 Å². The van der Waals surface area contributed by atoms with Gasteiger partial charge in [0.2, 0.25) is 0 Å². The fourth-order valence-corrected chi connectivity index (χ4v) is 2.98. The molecule has 1 amide bonds. The molecule has 0 aliphatic carbocycles. The summed E-state index contributed by atoms with van der Waals surface area (Å²) in [7, 11) is 0. The molecule has 0 fully saturated rings. The second kappa shape index (κ2) is 7.72. The zero-order chi connectivity index (χ0) is 15.2. The molecule has 0 radical (unpaired) electrons. The van der Waals surface area contributed by atoms with Gasteiger partial charge in [0.05, 0.1) is 10.0 Å². The quantitative estimate of drug-likeness (QED) is 0.569. The van der Waals surface area contributed by atoms with E-state index < -0.39 is 6.10 Å². The number of rotatable bonds is 5. The maximum atomic E-state index is 11.8. The minimum Gasteiger partial charge on any atom is -0.481 e. The molecule has 0 saturated heterocycles. The van der Waals surface area contributed by atoms with Gasteiger partial charge in [0, 0.05) is 9.35 Å². The van der Waals surface area contributed by atoms with Crippen molar-refractivity contribution in [1.82, 2.24) is 5.43 Å². The third-order valence-electron chi connectivity index (χ3n) is 2.46. The van der Waals surface area contributed by atoms with Crippen LogP contribution in [-0.4, -0.2) is 18.2 Å². The molecule has 0 saturated carbocycles. The smallest absolute Gasteiger partial charge is 0.280 e. The van der Waals surface area contributed by atoms with Gasteiger partial charge in [-0.1, -0.05) is 15.9 Å². The lowest BCUT2D eigenvalue weighted by Crippen LogP contribution is -2.33. The first-order valence-electron chi connectivity index (χ1n) is 6.05. The number of carbonyl (C=O) groups excluding carboxylic acids is 1. The van der Waals surface area contributed by atoms with Crippen molar-refractivity contribution in [3.63, 3.8) is 0 Å². The summed E-state index contributed by atoms with van der Waals surface area (Å²) in [6.07, 6.45) is 0.970. The van der Waals surface area contributed by atoms with Gasteiger partial charge in [-0.3, -0.25) is 4.79 Å². The second-order valence-electron chi connectivity index (χ2n) is 4.09. The number of nitrogens with one attached hydrogen (secondary N) is 1. The number of hydrogen-bond acceptors (Lipinski definition) is 4. The number of hydrogen-bond donors (Lipinski definition) is 1. The molecule has 0 aliphatic heterocycles. The van der Waals surface area contributed by atoms with Gasteiger partial charge in [-0.05, 0) is 59.3 Å². The SMILES string of the molecule is C[C@@H](Oc1ccc(Br)cc1)C(=O)N/N=C\c1ccc(Br)s1. The first kappa shape index (κ1) is 16.2. The minimum atomic E-state index is -0.626. The van der Waals surface area contributed by atoms with E-state index in [9.17, 15) is 4.79 Å². The van der Waals surface area contributed by atoms with Crippen LogP contribution in [0.2, 0.25) is 0 Å². The molecular weight excluding hydrogens is 420 g/mol. The Kier molecular flexibility index (Phi) is 5.96. The van der Waals surface area contributed by atoms with Gasteiger partial charge in [-0.2, -0.15) is 5.10 Å². The van der Waals surface area contributed by atoms with E-state index in [0.29, 0.717) is 5.75 Å². The van der Waals surface area contributed by atoms with Gasteiger partial charge in [0.1, 0.15) is 5.75 Å². The molecule has 0 spiro atoms. The monoisotopic (exact) mass is 430 g/mol. The van der Waals surface area contributed by atoms with Crippen molar-refractivity contribution in [3.8, 4) is 5.75 Å². The van der Waals surface area contributed by atoms with Crippen molar-refractivity contribution in [2.24, 2.45) is 5.10 Å². The first-order chi connectivity index (χ1) is 10.0. The van der Waals surface area contributed by atoms with Crippen LogP contribution in [0, 0.1) is 0 Å². The summed E-state index contributed by atoms with van der Waals surface area (Å²) in [6.45, 7) is 1.68. The molecule has 2 aromatic rings. The second-order valence-corrected chi connectivity index (χ2v) is 7.50. The van der Waals surface area contributed by atoms with Crippen LogP contribution in [0.4, 0.5) is 0 Å². The highest BCUT2D eigenvalue weighted by Gasteiger charge is 2.13. The lowest BCUT2D eigenvalue weighted by atomic mass is 10.3. The van der Waals surface area contributed by atoms with Crippen molar-refractivity contribution in [1.29, 1.82) is 0 Å². The van der Waals surface area contributed by atoms with Gasteiger partial charge < -0.3 is 4.74 Å². The van der Waals surface area contributed by atoms with Crippen molar-refractivity contribution >= 4 is 55.3 Å². The minimum absolute atomic E-state index is 0.301. The lowest BCUT2D eigenvalue weighted by Gasteiger charge is -2.12.